The summed E-state index contributed by atoms with van der Waals surface area (Å²) in [6.45, 7) is 1.67. The van der Waals surface area contributed by atoms with Crippen LogP contribution in [-0.2, 0) is 0 Å². The molecule has 0 aliphatic carbocycles. The van der Waals surface area contributed by atoms with Gasteiger partial charge in [0.15, 0.2) is 6.17 Å². The van der Waals surface area contributed by atoms with Gasteiger partial charge in [0.05, 0.1) is 6.67 Å². The predicted octanol–water partition coefficient (Wildman–Crippen LogP) is 2.88. The van der Waals surface area contributed by atoms with Crippen LogP contribution in [0.4, 0.5) is 22.0 Å². The maximum absolute atomic E-state index is 11.1. The minimum atomic E-state index is -4.67. The molecule has 5 heteroatoms. The summed E-state index contributed by atoms with van der Waals surface area (Å²) in [7, 11) is 0. The lowest BCUT2D eigenvalue weighted by Gasteiger charge is -2.04. The molecule has 0 aromatic heterocycles. The van der Waals surface area contributed by atoms with E-state index in [2.05, 4.69) is 0 Å². The molecule has 0 aromatic carbocycles. The van der Waals surface area contributed by atoms with E-state index in [1.165, 1.54) is 6.92 Å². The van der Waals surface area contributed by atoms with Crippen LogP contribution in [0.2, 0.25) is 0 Å². The lowest BCUT2D eigenvalue weighted by molar-refractivity contribution is -0.174. The molecule has 0 rings (SSSR count). The summed E-state index contributed by atoms with van der Waals surface area (Å²) < 4.78 is 53.8. The highest BCUT2D eigenvalue weighted by Gasteiger charge is 2.35. The standard InChI is InChI=1S/C3H4F4.C2H5F/c1-2(4)3(5,6)7;1-2-3/h2H,1H3;2H2,1H3. The molecule has 0 aliphatic rings. The number of rotatable bonds is 0. The van der Waals surface area contributed by atoms with E-state index >= 15 is 0 Å². The van der Waals surface area contributed by atoms with Crippen molar-refractivity contribution in [2.24, 2.45) is 0 Å². The van der Waals surface area contributed by atoms with E-state index in [-0.39, 0.29) is 6.67 Å². The van der Waals surface area contributed by atoms with E-state index in [1.807, 2.05) is 0 Å². The van der Waals surface area contributed by atoms with Crippen LogP contribution < -0.4 is 0 Å². The molecule has 64 valence electrons. The second-order valence-electron chi connectivity index (χ2n) is 1.42. The lowest BCUT2D eigenvalue weighted by Crippen LogP contribution is -2.20. The molecule has 0 aliphatic heterocycles. The molecule has 0 saturated carbocycles. The fraction of sp³-hybridized carbons (Fsp3) is 1.00. The average molecular weight is 164 g/mol. The maximum Gasteiger partial charge on any atom is 0.419 e. The SMILES string of the molecule is CC(F)C(F)(F)F.CCF. The number of alkyl halides is 5. The zero-order chi connectivity index (χ0) is 8.78. The Balaban J connectivity index is 0. The summed E-state index contributed by atoms with van der Waals surface area (Å²) in [5, 5.41) is 0. The van der Waals surface area contributed by atoms with Gasteiger partial charge in [-0.3, -0.25) is 4.39 Å². The summed E-state index contributed by atoms with van der Waals surface area (Å²) in [6.07, 6.45) is -7.37. The maximum atomic E-state index is 11.1. The van der Waals surface area contributed by atoms with Crippen molar-refractivity contribution >= 4 is 0 Å². The molecule has 0 aromatic rings. The first-order chi connectivity index (χ1) is 4.36. The summed E-state index contributed by atoms with van der Waals surface area (Å²) >= 11 is 0. The van der Waals surface area contributed by atoms with E-state index < -0.39 is 12.3 Å². The summed E-state index contributed by atoms with van der Waals surface area (Å²) in [5.41, 5.74) is 0. The fourth-order valence-electron chi connectivity index (χ4n) is 0. The van der Waals surface area contributed by atoms with Crippen molar-refractivity contribution in [2.45, 2.75) is 26.2 Å². The quantitative estimate of drug-likeness (QED) is 0.483. The molecular weight excluding hydrogens is 155 g/mol. The smallest absolute Gasteiger partial charge is 0.251 e. The Hall–Kier alpha value is -0.350. The van der Waals surface area contributed by atoms with Gasteiger partial charge in [-0.1, -0.05) is 0 Å². The van der Waals surface area contributed by atoms with Crippen molar-refractivity contribution in [1.82, 2.24) is 0 Å². The van der Waals surface area contributed by atoms with Crippen LogP contribution in [0.5, 0.6) is 0 Å². The minimum absolute atomic E-state index is 0.250. The van der Waals surface area contributed by atoms with Gasteiger partial charge in [-0.2, -0.15) is 13.2 Å². The largest absolute Gasteiger partial charge is 0.419 e. The molecule has 0 fully saturated rings. The molecule has 0 radical (unpaired) electrons. The first-order valence-electron chi connectivity index (χ1n) is 2.63. The molecular formula is C5H9F5. The first kappa shape index (κ1) is 12.3. The van der Waals surface area contributed by atoms with Crippen LogP contribution in [0.3, 0.4) is 0 Å². The Labute approximate surface area is 56.0 Å². The summed E-state index contributed by atoms with van der Waals surface area (Å²) in [6, 6.07) is 0. The van der Waals surface area contributed by atoms with E-state index in [0.717, 1.165) is 0 Å². The minimum Gasteiger partial charge on any atom is -0.251 e. The Morgan fingerprint density at radius 3 is 1.40 bits per heavy atom. The van der Waals surface area contributed by atoms with Gasteiger partial charge in [-0.05, 0) is 13.8 Å². The molecule has 1 atom stereocenters. The zero-order valence-corrected chi connectivity index (χ0v) is 5.67. The molecule has 0 N–H and O–H groups in total. The fourth-order valence-corrected chi connectivity index (χ4v) is 0. The molecule has 0 nitrogen and oxygen atoms in total. The third-order valence-corrected chi connectivity index (χ3v) is 0.451. The molecule has 0 spiro atoms. The van der Waals surface area contributed by atoms with Gasteiger partial charge in [0.2, 0.25) is 0 Å². The van der Waals surface area contributed by atoms with Crippen molar-refractivity contribution in [3.63, 3.8) is 0 Å². The third kappa shape index (κ3) is 10.6. The van der Waals surface area contributed by atoms with E-state index in [1.54, 1.807) is 0 Å². The van der Waals surface area contributed by atoms with Gasteiger partial charge in [0, 0.05) is 0 Å². The van der Waals surface area contributed by atoms with Crippen molar-refractivity contribution in [1.29, 1.82) is 0 Å². The molecule has 0 bridgehead atoms. The third-order valence-electron chi connectivity index (χ3n) is 0.451. The van der Waals surface area contributed by atoms with Crippen LogP contribution in [0.15, 0.2) is 0 Å². The van der Waals surface area contributed by atoms with Crippen LogP contribution in [0, 0.1) is 0 Å². The van der Waals surface area contributed by atoms with Crippen molar-refractivity contribution in [2.75, 3.05) is 6.67 Å². The van der Waals surface area contributed by atoms with Crippen molar-refractivity contribution < 1.29 is 22.0 Å². The van der Waals surface area contributed by atoms with E-state index in [4.69, 9.17) is 0 Å². The average Bonchev–Trinajstić information content (AvgIpc) is 1.64. The van der Waals surface area contributed by atoms with Gasteiger partial charge >= 0.3 is 6.18 Å². The second-order valence-corrected chi connectivity index (χ2v) is 1.42. The molecule has 0 heterocycles. The molecule has 0 amide bonds. The van der Waals surface area contributed by atoms with Crippen molar-refractivity contribution in [3.05, 3.63) is 0 Å². The second kappa shape index (κ2) is 5.44. The van der Waals surface area contributed by atoms with Gasteiger partial charge in [-0.25, -0.2) is 4.39 Å². The number of halogens is 5. The monoisotopic (exact) mass is 164 g/mol. The van der Waals surface area contributed by atoms with Gasteiger partial charge in [-0.15, -0.1) is 0 Å². The molecule has 0 saturated heterocycles. The molecule has 1 unspecified atom stereocenters. The Bertz CT molecular complexity index is 64.9. The lowest BCUT2D eigenvalue weighted by atomic mass is 10.4. The van der Waals surface area contributed by atoms with E-state index in [0.29, 0.717) is 6.92 Å². The summed E-state index contributed by atoms with van der Waals surface area (Å²) in [4.78, 5) is 0. The number of hydrogen-bond donors (Lipinski definition) is 0. The van der Waals surface area contributed by atoms with Gasteiger partial charge in [0.1, 0.15) is 0 Å². The highest BCUT2D eigenvalue weighted by Crippen LogP contribution is 2.21. The van der Waals surface area contributed by atoms with E-state index in [9.17, 15) is 22.0 Å². The normalized spacial score (nSPS) is 13.5. The Morgan fingerprint density at radius 2 is 1.40 bits per heavy atom. The highest BCUT2D eigenvalue weighted by molar-refractivity contribution is 4.56. The highest BCUT2D eigenvalue weighted by atomic mass is 19.4. The van der Waals surface area contributed by atoms with Crippen LogP contribution in [-0.4, -0.2) is 19.0 Å². The van der Waals surface area contributed by atoms with Crippen molar-refractivity contribution in [3.8, 4) is 0 Å². The summed E-state index contributed by atoms with van der Waals surface area (Å²) in [5.74, 6) is 0. The van der Waals surface area contributed by atoms with Crippen LogP contribution in [0.25, 0.3) is 0 Å². The van der Waals surface area contributed by atoms with Crippen LogP contribution in [0.1, 0.15) is 13.8 Å². The zero-order valence-electron chi connectivity index (χ0n) is 5.67. The van der Waals surface area contributed by atoms with Crippen LogP contribution >= 0.6 is 0 Å². The topological polar surface area (TPSA) is 0 Å². The predicted molar refractivity (Wildman–Crippen MR) is 28.3 cm³/mol. The van der Waals surface area contributed by atoms with Gasteiger partial charge in [0.25, 0.3) is 0 Å². The Kier molecular flexibility index (Phi) is 6.71. The van der Waals surface area contributed by atoms with Gasteiger partial charge < -0.3 is 0 Å². The first-order valence-corrected chi connectivity index (χ1v) is 2.63. The Morgan fingerprint density at radius 1 is 1.30 bits per heavy atom. The number of hydrogen-bond acceptors (Lipinski definition) is 0. The molecule has 10 heavy (non-hydrogen) atoms.